The predicted octanol–water partition coefficient (Wildman–Crippen LogP) is 0.477. The zero-order chi connectivity index (χ0) is 8.15. The number of carbonyl (C=O) groups is 2. The quantitative estimate of drug-likeness (QED) is 0.523. The zero-order valence-corrected chi connectivity index (χ0v) is 6.46. The van der Waals surface area contributed by atoms with Gasteiger partial charge >= 0.3 is 11.9 Å². The lowest BCUT2D eigenvalue weighted by atomic mass is 10.3. The zero-order valence-electron chi connectivity index (χ0n) is 4.87. The van der Waals surface area contributed by atoms with Gasteiger partial charge in [0.2, 0.25) is 0 Å². The third-order valence-corrected chi connectivity index (χ3v) is 1.32. The highest BCUT2D eigenvalue weighted by atomic mass is 79.9. The maximum absolute atomic E-state index is 10.1. The molecule has 0 fully saturated rings. The highest BCUT2D eigenvalue weighted by molar-refractivity contribution is 9.09. The Labute approximate surface area is 65.3 Å². The van der Waals surface area contributed by atoms with Gasteiger partial charge in [-0.1, -0.05) is 15.9 Å². The minimum atomic E-state index is -1.25. The smallest absolute Gasteiger partial charge is 0.332 e. The van der Waals surface area contributed by atoms with Crippen molar-refractivity contribution in [3.05, 3.63) is 11.6 Å². The van der Waals surface area contributed by atoms with Crippen molar-refractivity contribution in [2.24, 2.45) is 0 Å². The first kappa shape index (κ1) is 9.16. The Morgan fingerprint density at radius 3 is 2.00 bits per heavy atom. The second-order valence-corrected chi connectivity index (χ2v) is 2.01. The van der Waals surface area contributed by atoms with Crippen molar-refractivity contribution >= 4 is 27.9 Å². The van der Waals surface area contributed by atoms with E-state index < -0.39 is 11.9 Å². The van der Waals surface area contributed by atoms with Gasteiger partial charge in [0.15, 0.2) is 0 Å². The van der Waals surface area contributed by atoms with Crippen LogP contribution in [0.3, 0.4) is 0 Å². The van der Waals surface area contributed by atoms with Crippen molar-refractivity contribution in [1.29, 1.82) is 0 Å². The fraction of sp³-hybridized carbons (Fsp3) is 0.200. The lowest BCUT2D eigenvalue weighted by molar-refractivity contribution is -0.135. The average molecular weight is 209 g/mol. The summed E-state index contributed by atoms with van der Waals surface area (Å²) in [7, 11) is 0. The van der Waals surface area contributed by atoms with Crippen LogP contribution in [0.1, 0.15) is 0 Å². The van der Waals surface area contributed by atoms with Gasteiger partial charge in [-0.3, -0.25) is 0 Å². The lowest BCUT2D eigenvalue weighted by Crippen LogP contribution is -2.04. The number of aliphatic carboxylic acids is 2. The van der Waals surface area contributed by atoms with Crippen molar-refractivity contribution in [1.82, 2.24) is 0 Å². The van der Waals surface area contributed by atoms with Gasteiger partial charge in [0.1, 0.15) is 0 Å². The minimum Gasteiger partial charge on any atom is -0.478 e. The van der Waals surface area contributed by atoms with Crippen LogP contribution in [0.5, 0.6) is 0 Å². The highest BCUT2D eigenvalue weighted by Gasteiger charge is 2.06. The van der Waals surface area contributed by atoms with E-state index in [1.807, 2.05) is 0 Å². The number of carboxylic acid groups (broad SMARTS) is 2. The standard InChI is InChI=1S/C5H5BrO4/c6-2-3(5(9)10)1-4(7)8/h1H,2H2,(H,7,8)(H,9,10)/b3-1+. The number of halogens is 1. The van der Waals surface area contributed by atoms with Crippen molar-refractivity contribution in [2.75, 3.05) is 5.33 Å². The highest BCUT2D eigenvalue weighted by Crippen LogP contribution is 1.98. The normalized spacial score (nSPS) is 11.1. The molecule has 0 saturated heterocycles. The molecule has 5 heteroatoms. The molecule has 0 atom stereocenters. The molecular weight excluding hydrogens is 204 g/mol. The van der Waals surface area contributed by atoms with E-state index in [1.54, 1.807) is 0 Å². The van der Waals surface area contributed by atoms with E-state index in [0.29, 0.717) is 6.08 Å². The SMILES string of the molecule is O=C(O)/C=C(\CBr)C(=O)O. The fourth-order valence-electron chi connectivity index (χ4n) is 0.307. The maximum atomic E-state index is 10.1. The number of rotatable bonds is 3. The van der Waals surface area contributed by atoms with Crippen LogP contribution >= 0.6 is 15.9 Å². The second-order valence-electron chi connectivity index (χ2n) is 1.45. The molecule has 56 valence electrons. The first-order chi connectivity index (χ1) is 4.57. The molecule has 0 radical (unpaired) electrons. The Kier molecular flexibility index (Phi) is 3.71. The summed E-state index contributed by atoms with van der Waals surface area (Å²) in [5.41, 5.74) is -0.174. The Bertz CT molecular complexity index is 184. The third-order valence-electron chi connectivity index (χ3n) is 0.716. The summed E-state index contributed by atoms with van der Waals surface area (Å²) in [6.07, 6.45) is 0.650. The van der Waals surface area contributed by atoms with E-state index >= 15 is 0 Å². The van der Waals surface area contributed by atoms with E-state index in [-0.39, 0.29) is 10.9 Å². The van der Waals surface area contributed by atoms with Crippen LogP contribution in [0.2, 0.25) is 0 Å². The molecule has 2 N–H and O–H groups in total. The van der Waals surface area contributed by atoms with Gasteiger partial charge in [0.05, 0.1) is 5.57 Å². The van der Waals surface area contributed by atoms with Gasteiger partial charge in [-0.2, -0.15) is 0 Å². The molecule has 0 aromatic carbocycles. The third kappa shape index (κ3) is 3.24. The number of hydrogen-bond donors (Lipinski definition) is 2. The summed E-state index contributed by atoms with van der Waals surface area (Å²) in [6, 6.07) is 0. The van der Waals surface area contributed by atoms with Crippen LogP contribution in [-0.2, 0) is 9.59 Å². The van der Waals surface area contributed by atoms with Gasteiger partial charge in [-0.05, 0) is 0 Å². The lowest BCUT2D eigenvalue weighted by Gasteiger charge is -1.91. The van der Waals surface area contributed by atoms with Crippen LogP contribution in [0.4, 0.5) is 0 Å². The summed E-state index contributed by atoms with van der Waals surface area (Å²) in [5, 5.41) is 16.4. The molecule has 0 aromatic rings. The molecule has 10 heavy (non-hydrogen) atoms. The van der Waals surface area contributed by atoms with E-state index in [9.17, 15) is 9.59 Å². The first-order valence-corrected chi connectivity index (χ1v) is 3.43. The van der Waals surface area contributed by atoms with Crippen LogP contribution in [-0.4, -0.2) is 27.5 Å². The van der Waals surface area contributed by atoms with Crippen molar-refractivity contribution < 1.29 is 19.8 Å². The van der Waals surface area contributed by atoms with Gasteiger partial charge in [-0.15, -0.1) is 0 Å². The van der Waals surface area contributed by atoms with Crippen molar-refractivity contribution in [2.45, 2.75) is 0 Å². The fourth-order valence-corrected chi connectivity index (χ4v) is 0.708. The summed E-state index contributed by atoms with van der Waals surface area (Å²) in [4.78, 5) is 20.0. The summed E-state index contributed by atoms with van der Waals surface area (Å²) >= 11 is 2.83. The van der Waals surface area contributed by atoms with Crippen LogP contribution < -0.4 is 0 Å². The van der Waals surface area contributed by atoms with Crippen LogP contribution in [0, 0.1) is 0 Å². The Morgan fingerprint density at radius 1 is 1.40 bits per heavy atom. The molecule has 0 aliphatic carbocycles. The Morgan fingerprint density at radius 2 is 1.90 bits per heavy atom. The molecule has 0 rings (SSSR count). The minimum absolute atomic E-state index is 0.0363. The summed E-state index contributed by atoms with van der Waals surface area (Å²) < 4.78 is 0. The molecule has 0 aliphatic rings. The van der Waals surface area contributed by atoms with E-state index in [0.717, 1.165) is 0 Å². The molecular formula is C5H5BrO4. The summed E-state index contributed by atoms with van der Waals surface area (Å²) in [6.45, 7) is 0. The number of carboxylic acids is 2. The first-order valence-electron chi connectivity index (χ1n) is 2.30. The molecule has 0 heterocycles. The number of hydrogen-bond acceptors (Lipinski definition) is 2. The van der Waals surface area contributed by atoms with E-state index in [1.165, 1.54) is 0 Å². The average Bonchev–Trinajstić information content (AvgIpc) is 1.81. The van der Waals surface area contributed by atoms with Crippen molar-refractivity contribution in [3.8, 4) is 0 Å². The summed E-state index contributed by atoms with van der Waals surface area (Å²) in [5.74, 6) is -2.48. The van der Waals surface area contributed by atoms with Gasteiger partial charge < -0.3 is 10.2 Å². The van der Waals surface area contributed by atoms with Crippen LogP contribution in [0.25, 0.3) is 0 Å². The largest absolute Gasteiger partial charge is 0.478 e. The number of alkyl halides is 1. The molecule has 0 bridgehead atoms. The van der Waals surface area contributed by atoms with Crippen molar-refractivity contribution in [3.63, 3.8) is 0 Å². The molecule has 0 aromatic heterocycles. The van der Waals surface area contributed by atoms with Crippen LogP contribution in [0.15, 0.2) is 11.6 Å². The second kappa shape index (κ2) is 4.05. The molecule has 0 spiro atoms. The molecule has 0 aliphatic heterocycles. The molecule has 0 saturated carbocycles. The Hall–Kier alpha value is -0.840. The maximum Gasteiger partial charge on any atom is 0.332 e. The monoisotopic (exact) mass is 208 g/mol. The molecule has 0 amide bonds. The van der Waals surface area contributed by atoms with E-state index in [4.69, 9.17) is 10.2 Å². The van der Waals surface area contributed by atoms with Gasteiger partial charge in [-0.25, -0.2) is 9.59 Å². The Balaban J connectivity index is 4.34. The van der Waals surface area contributed by atoms with Gasteiger partial charge in [0, 0.05) is 11.4 Å². The van der Waals surface area contributed by atoms with Gasteiger partial charge in [0.25, 0.3) is 0 Å². The topological polar surface area (TPSA) is 74.6 Å². The molecule has 0 unspecified atom stereocenters. The predicted molar refractivity (Wildman–Crippen MR) is 37.1 cm³/mol. The van der Waals surface area contributed by atoms with E-state index in [2.05, 4.69) is 15.9 Å². The molecule has 4 nitrogen and oxygen atoms in total.